The van der Waals surface area contributed by atoms with Crippen LogP contribution in [-0.2, 0) is 6.42 Å². The van der Waals surface area contributed by atoms with E-state index in [1.165, 1.54) is 12.1 Å². The van der Waals surface area contributed by atoms with Crippen molar-refractivity contribution in [3.8, 4) is 0 Å². The van der Waals surface area contributed by atoms with Gasteiger partial charge in [-0.05, 0) is 37.2 Å². The molecule has 1 N–H and O–H groups in total. The third-order valence-corrected chi connectivity index (χ3v) is 4.14. The van der Waals surface area contributed by atoms with Gasteiger partial charge in [0.2, 0.25) is 0 Å². The Kier molecular flexibility index (Phi) is 5.13. The molecule has 0 fully saturated rings. The van der Waals surface area contributed by atoms with Crippen molar-refractivity contribution < 1.29 is 8.78 Å². The van der Waals surface area contributed by atoms with Crippen LogP contribution in [0.2, 0.25) is 5.02 Å². The first kappa shape index (κ1) is 15.4. The van der Waals surface area contributed by atoms with Crippen molar-refractivity contribution in [3.05, 3.63) is 68.7 Å². The number of halogens is 4. The molecule has 0 amide bonds. The number of hydrogen-bond donors (Lipinski definition) is 1. The van der Waals surface area contributed by atoms with Gasteiger partial charge in [0.15, 0.2) is 0 Å². The summed E-state index contributed by atoms with van der Waals surface area (Å²) in [6, 6.07) is 9.25. The summed E-state index contributed by atoms with van der Waals surface area (Å²) in [6.07, 6.45) is 0.308. The lowest BCUT2D eigenvalue weighted by Gasteiger charge is -2.19. The number of nitrogens with one attached hydrogen (secondary N) is 1. The minimum atomic E-state index is -0.457. The van der Waals surface area contributed by atoms with Crippen molar-refractivity contribution in [2.45, 2.75) is 12.5 Å². The summed E-state index contributed by atoms with van der Waals surface area (Å²) in [5, 5.41) is 3.09. The zero-order valence-electron chi connectivity index (χ0n) is 10.8. The van der Waals surface area contributed by atoms with Gasteiger partial charge in [0.05, 0.1) is 5.02 Å². The topological polar surface area (TPSA) is 12.0 Å². The van der Waals surface area contributed by atoms with Gasteiger partial charge in [-0.3, -0.25) is 0 Å². The Morgan fingerprint density at radius 1 is 1.20 bits per heavy atom. The minimum absolute atomic E-state index is 0.0740. The Labute approximate surface area is 130 Å². The maximum Gasteiger partial charge on any atom is 0.145 e. The molecule has 1 unspecified atom stereocenters. The molecule has 0 bridgehead atoms. The van der Waals surface area contributed by atoms with Crippen LogP contribution in [0.1, 0.15) is 17.2 Å². The summed E-state index contributed by atoms with van der Waals surface area (Å²) in [5.41, 5.74) is 0.932. The van der Waals surface area contributed by atoms with E-state index < -0.39 is 5.82 Å². The lowest BCUT2D eigenvalue weighted by Crippen LogP contribution is -2.21. The highest BCUT2D eigenvalue weighted by molar-refractivity contribution is 9.10. The molecule has 0 saturated carbocycles. The van der Waals surface area contributed by atoms with E-state index in [1.807, 2.05) is 0 Å². The van der Waals surface area contributed by atoms with Crippen LogP contribution >= 0.6 is 27.5 Å². The number of hydrogen-bond acceptors (Lipinski definition) is 1. The summed E-state index contributed by atoms with van der Waals surface area (Å²) >= 11 is 9.11. The van der Waals surface area contributed by atoms with Crippen LogP contribution in [0.15, 0.2) is 40.9 Å². The highest BCUT2D eigenvalue weighted by Gasteiger charge is 2.19. The fraction of sp³-hybridized carbons (Fsp3) is 0.200. The van der Waals surface area contributed by atoms with Crippen LogP contribution in [0.5, 0.6) is 0 Å². The molecular weight excluding hydrogens is 348 g/mol. The lowest BCUT2D eigenvalue weighted by molar-refractivity contribution is 0.517. The molecule has 2 aromatic rings. The Bertz CT molecular complexity index is 599. The molecule has 106 valence electrons. The van der Waals surface area contributed by atoms with E-state index in [0.717, 1.165) is 0 Å². The molecule has 1 atom stereocenters. The van der Waals surface area contributed by atoms with Gasteiger partial charge in [0, 0.05) is 16.1 Å². The van der Waals surface area contributed by atoms with Gasteiger partial charge in [-0.2, -0.15) is 0 Å². The molecule has 2 aromatic carbocycles. The van der Waals surface area contributed by atoms with Crippen LogP contribution in [0.3, 0.4) is 0 Å². The van der Waals surface area contributed by atoms with Crippen molar-refractivity contribution in [2.24, 2.45) is 0 Å². The van der Waals surface area contributed by atoms with Crippen molar-refractivity contribution >= 4 is 27.5 Å². The Morgan fingerprint density at radius 2 is 1.90 bits per heavy atom. The second-order valence-corrected chi connectivity index (χ2v) is 5.66. The molecular formula is C15H13BrClF2N. The quantitative estimate of drug-likeness (QED) is 0.819. The first-order valence-corrected chi connectivity index (χ1v) is 7.25. The normalized spacial score (nSPS) is 12.4. The largest absolute Gasteiger partial charge is 0.313 e. The van der Waals surface area contributed by atoms with Gasteiger partial charge in [-0.1, -0.05) is 45.7 Å². The van der Waals surface area contributed by atoms with E-state index in [4.69, 9.17) is 11.6 Å². The Balaban J connectivity index is 2.37. The predicted octanol–water partition coefficient (Wildman–Crippen LogP) is 4.88. The summed E-state index contributed by atoms with van der Waals surface area (Å²) in [5.74, 6) is -0.789. The lowest BCUT2D eigenvalue weighted by atomic mass is 9.98. The van der Waals surface area contributed by atoms with Crippen molar-refractivity contribution in [1.82, 2.24) is 5.32 Å². The molecule has 0 heterocycles. The number of benzene rings is 2. The van der Waals surface area contributed by atoms with E-state index in [-0.39, 0.29) is 16.9 Å². The van der Waals surface area contributed by atoms with Gasteiger partial charge >= 0.3 is 0 Å². The summed E-state index contributed by atoms with van der Waals surface area (Å²) < 4.78 is 28.6. The molecule has 1 nitrogen and oxygen atoms in total. The van der Waals surface area contributed by atoms with Gasteiger partial charge in [-0.25, -0.2) is 8.78 Å². The number of likely N-dealkylation sites (N-methyl/N-ethyl adjacent to an activating group) is 1. The maximum absolute atomic E-state index is 14.0. The molecule has 0 aromatic heterocycles. The first-order chi connectivity index (χ1) is 9.54. The molecule has 5 heteroatoms. The molecule has 0 saturated heterocycles. The van der Waals surface area contributed by atoms with E-state index in [2.05, 4.69) is 21.2 Å². The van der Waals surface area contributed by atoms with Crippen LogP contribution in [0, 0.1) is 11.6 Å². The first-order valence-electron chi connectivity index (χ1n) is 6.08. The van der Waals surface area contributed by atoms with Crippen molar-refractivity contribution in [3.63, 3.8) is 0 Å². The van der Waals surface area contributed by atoms with Crippen molar-refractivity contribution in [2.75, 3.05) is 7.05 Å². The SMILES string of the molecule is CNC(Cc1cccc(Cl)c1F)c1c(F)cccc1Br. The Morgan fingerprint density at radius 3 is 2.55 bits per heavy atom. The smallest absolute Gasteiger partial charge is 0.145 e. The van der Waals surface area contributed by atoms with Gasteiger partial charge in [0.1, 0.15) is 11.6 Å². The number of rotatable bonds is 4. The zero-order valence-corrected chi connectivity index (χ0v) is 13.1. The van der Waals surface area contributed by atoms with Crippen molar-refractivity contribution in [1.29, 1.82) is 0 Å². The van der Waals surface area contributed by atoms with Crippen LogP contribution in [0.4, 0.5) is 8.78 Å². The molecule has 2 rings (SSSR count). The van der Waals surface area contributed by atoms with E-state index in [1.54, 1.807) is 31.3 Å². The zero-order chi connectivity index (χ0) is 14.7. The minimum Gasteiger partial charge on any atom is -0.313 e. The molecule has 0 aliphatic rings. The second kappa shape index (κ2) is 6.66. The fourth-order valence-corrected chi connectivity index (χ4v) is 2.93. The Hall–Kier alpha value is -0.970. The monoisotopic (exact) mass is 359 g/mol. The molecule has 0 aliphatic heterocycles. The standard InChI is InChI=1S/C15H13BrClF2N/c1-20-13(14-10(16)5-3-7-12(14)18)8-9-4-2-6-11(17)15(9)19/h2-7,13,20H,8H2,1H3. The summed E-state index contributed by atoms with van der Waals surface area (Å²) in [7, 11) is 1.71. The molecule has 20 heavy (non-hydrogen) atoms. The summed E-state index contributed by atoms with van der Waals surface area (Å²) in [4.78, 5) is 0. The van der Waals surface area contributed by atoms with Crippen LogP contribution < -0.4 is 5.32 Å². The fourth-order valence-electron chi connectivity index (χ4n) is 2.12. The van der Waals surface area contributed by atoms with Crippen LogP contribution in [-0.4, -0.2) is 7.05 Å². The maximum atomic E-state index is 14.0. The molecule has 0 aliphatic carbocycles. The highest BCUT2D eigenvalue weighted by atomic mass is 79.9. The summed E-state index contributed by atoms with van der Waals surface area (Å²) in [6.45, 7) is 0. The second-order valence-electron chi connectivity index (χ2n) is 4.39. The average Bonchev–Trinajstić information content (AvgIpc) is 2.42. The highest BCUT2D eigenvalue weighted by Crippen LogP contribution is 2.30. The van der Waals surface area contributed by atoms with Gasteiger partial charge < -0.3 is 5.32 Å². The van der Waals surface area contributed by atoms with Gasteiger partial charge in [0.25, 0.3) is 0 Å². The average molecular weight is 361 g/mol. The van der Waals surface area contributed by atoms with Crippen LogP contribution in [0.25, 0.3) is 0 Å². The van der Waals surface area contributed by atoms with Gasteiger partial charge in [-0.15, -0.1) is 0 Å². The molecule has 0 radical (unpaired) electrons. The van der Waals surface area contributed by atoms with E-state index in [0.29, 0.717) is 22.0 Å². The third-order valence-electron chi connectivity index (χ3n) is 3.15. The molecule has 0 spiro atoms. The third kappa shape index (κ3) is 3.19. The van der Waals surface area contributed by atoms with E-state index in [9.17, 15) is 8.78 Å². The predicted molar refractivity (Wildman–Crippen MR) is 81.0 cm³/mol. The van der Waals surface area contributed by atoms with E-state index >= 15 is 0 Å².